The van der Waals surface area contributed by atoms with Crippen LogP contribution in [0.1, 0.15) is 108 Å². The lowest BCUT2D eigenvalue weighted by Crippen LogP contribution is -2.49. The van der Waals surface area contributed by atoms with Crippen LogP contribution in [0.3, 0.4) is 0 Å². The molecule has 286 valence electrons. The van der Waals surface area contributed by atoms with Gasteiger partial charge in [-0.25, -0.2) is 14.4 Å². The van der Waals surface area contributed by atoms with Crippen molar-refractivity contribution in [2.75, 3.05) is 19.7 Å². The summed E-state index contributed by atoms with van der Waals surface area (Å²) in [5, 5.41) is 11.0. The van der Waals surface area contributed by atoms with Gasteiger partial charge >= 0.3 is 18.3 Å². The summed E-state index contributed by atoms with van der Waals surface area (Å²) in [7, 11) is 0. The van der Waals surface area contributed by atoms with Crippen LogP contribution in [0.4, 0.5) is 14.4 Å². The average Bonchev–Trinajstić information content (AvgIpc) is 3.18. The highest BCUT2D eigenvalue weighted by molar-refractivity contribution is 8.68. The summed E-state index contributed by atoms with van der Waals surface area (Å²) in [5.41, 5.74) is -4.16. The number of rotatable bonds is 11. The Morgan fingerprint density at radius 1 is 0.980 bits per heavy atom. The van der Waals surface area contributed by atoms with E-state index in [9.17, 15) is 19.2 Å². The summed E-state index contributed by atoms with van der Waals surface area (Å²) in [6.45, 7) is 24.1. The molecule has 2 aliphatic rings. The molecule has 0 spiro atoms. The monoisotopic (exact) mass is 763 g/mol. The highest BCUT2D eigenvalue weighted by Crippen LogP contribution is 2.74. The van der Waals surface area contributed by atoms with Crippen molar-refractivity contribution >= 4 is 59.0 Å². The van der Waals surface area contributed by atoms with E-state index in [1.165, 1.54) is 5.57 Å². The van der Waals surface area contributed by atoms with Gasteiger partial charge in [0, 0.05) is 18.3 Å². The van der Waals surface area contributed by atoms with Gasteiger partial charge < -0.3 is 39.2 Å². The summed E-state index contributed by atoms with van der Waals surface area (Å²) in [4.78, 5) is 54.5. The van der Waals surface area contributed by atoms with Gasteiger partial charge in [0.25, 0.3) is 0 Å². The molecule has 1 saturated carbocycles. The van der Waals surface area contributed by atoms with Crippen molar-refractivity contribution in [1.29, 1.82) is 0 Å². The lowest BCUT2D eigenvalue weighted by Gasteiger charge is -2.37. The first-order valence-corrected chi connectivity index (χ1v) is 21.0. The highest BCUT2D eigenvalue weighted by atomic mass is 32.9. The summed E-state index contributed by atoms with van der Waals surface area (Å²) in [6, 6.07) is -0.970. The largest absolute Gasteiger partial charge is 0.444 e. The second-order valence-electron chi connectivity index (χ2n) is 15.7. The van der Waals surface area contributed by atoms with Gasteiger partial charge in [0.2, 0.25) is 17.6 Å². The van der Waals surface area contributed by atoms with E-state index in [4.69, 9.17) is 35.1 Å². The first kappa shape index (κ1) is 43.8. The minimum absolute atomic E-state index is 0.143. The van der Waals surface area contributed by atoms with Crippen molar-refractivity contribution in [3.8, 4) is 0 Å². The molecule has 0 aromatic rings. The molecule has 0 bridgehead atoms. The Bertz CT molecular complexity index is 1330. The third kappa shape index (κ3) is 16.3. The number of allylic oxidation sites excluding steroid dienone is 1. The summed E-state index contributed by atoms with van der Waals surface area (Å²) in [6.07, 6.45) is 0.828. The maximum Gasteiger partial charge on any atom is 0.437 e. The topological polar surface area (TPSA) is 175 Å². The molecule has 0 aromatic heterocycles. The van der Waals surface area contributed by atoms with Gasteiger partial charge in [-0.1, -0.05) is 23.5 Å². The smallest absolute Gasteiger partial charge is 0.437 e. The molecule has 0 radical (unpaired) electrons. The first-order valence-electron chi connectivity index (χ1n) is 16.9. The van der Waals surface area contributed by atoms with Crippen molar-refractivity contribution in [3.63, 3.8) is 0 Å². The van der Waals surface area contributed by atoms with Gasteiger partial charge in [-0.05, 0) is 126 Å². The second kappa shape index (κ2) is 17.9. The van der Waals surface area contributed by atoms with E-state index in [1.807, 2.05) is 0 Å². The van der Waals surface area contributed by atoms with Gasteiger partial charge in [-0.3, -0.25) is 10.1 Å². The molecule has 2 fully saturated rings. The number of hydrogen-bond acceptors (Lipinski definition) is 11. The molecule has 0 unspecified atom stereocenters. The standard InChI is InChI=1S/C33H58N5O9PS2/c1-21(2)22-15-16-33(12)24(20-22)50-48(49,47-33)43-19-18-34-25(39)23(36-27(40)44-30(3,4)5)14-13-17-35-26(37-28(41)45-31(6,7)8)38-29(42)46-32(9,10)11/h22-24H,1,13-20H2,2-12H3,(H,34,39)(H,36,40)(H2,35,37,38,41,42)/t22-,23-,24+,33+,48-/m0/s1. The van der Waals surface area contributed by atoms with E-state index in [-0.39, 0.29) is 42.9 Å². The van der Waals surface area contributed by atoms with Crippen LogP contribution in [-0.2, 0) is 39.9 Å². The van der Waals surface area contributed by atoms with Gasteiger partial charge in [0.15, 0.2) is 0 Å². The maximum atomic E-state index is 13.3. The fourth-order valence-electron chi connectivity index (χ4n) is 5.02. The van der Waals surface area contributed by atoms with Gasteiger partial charge in [-0.2, -0.15) is 0 Å². The first-order chi connectivity index (χ1) is 22.8. The number of nitrogens with one attached hydrogen (secondary N) is 4. The molecular weight excluding hydrogens is 705 g/mol. The number of alkyl carbamates (subject to hydrolysis) is 2. The third-order valence-corrected chi connectivity index (χ3v) is 13.0. The number of amides is 4. The number of hydrogen-bond donors (Lipinski definition) is 4. The molecule has 5 atom stereocenters. The molecule has 0 aromatic carbocycles. The van der Waals surface area contributed by atoms with E-state index < -0.39 is 52.7 Å². The number of guanidine groups is 1. The molecule has 4 amide bonds. The minimum Gasteiger partial charge on any atom is -0.444 e. The Kier molecular flexibility index (Phi) is 15.7. The van der Waals surface area contributed by atoms with Gasteiger partial charge in [0.1, 0.15) is 22.8 Å². The Labute approximate surface area is 306 Å². The zero-order chi connectivity index (χ0) is 38.1. The van der Waals surface area contributed by atoms with Crippen LogP contribution in [0.15, 0.2) is 17.1 Å². The normalized spacial score (nSPS) is 24.7. The lowest BCUT2D eigenvalue weighted by molar-refractivity contribution is -0.123. The molecular formula is C33H58N5O9PS2. The van der Waals surface area contributed by atoms with E-state index >= 15 is 0 Å². The zero-order valence-corrected chi connectivity index (χ0v) is 34.0. The van der Waals surface area contributed by atoms with Crippen molar-refractivity contribution in [2.45, 2.75) is 142 Å². The molecule has 1 aliphatic carbocycles. The maximum absolute atomic E-state index is 13.3. The Balaban J connectivity index is 2.00. The molecule has 17 heteroatoms. The van der Waals surface area contributed by atoms with Crippen molar-refractivity contribution < 1.29 is 42.4 Å². The van der Waals surface area contributed by atoms with Crippen molar-refractivity contribution in [3.05, 3.63) is 12.2 Å². The summed E-state index contributed by atoms with van der Waals surface area (Å²) < 4.78 is 28.3. The Morgan fingerprint density at radius 3 is 2.16 bits per heavy atom. The van der Waals surface area contributed by atoms with E-state index in [0.29, 0.717) is 12.3 Å². The lowest BCUT2D eigenvalue weighted by atomic mass is 9.77. The average molecular weight is 764 g/mol. The summed E-state index contributed by atoms with van der Waals surface area (Å²) >= 11 is 7.43. The second-order valence-corrected chi connectivity index (χ2v) is 22.0. The molecule has 4 N–H and O–H groups in total. The van der Waals surface area contributed by atoms with Crippen LogP contribution in [0, 0.1) is 5.92 Å². The number of aliphatic imine (C=N–C) groups is 1. The predicted molar refractivity (Wildman–Crippen MR) is 200 cm³/mol. The Hall–Kier alpha value is -2.39. The fourth-order valence-corrected chi connectivity index (χ4v) is 11.9. The van der Waals surface area contributed by atoms with E-state index in [1.54, 1.807) is 73.7 Å². The third-order valence-electron chi connectivity index (χ3n) is 7.28. The number of nitrogens with zero attached hydrogens (tertiary/aromatic N) is 1. The van der Waals surface area contributed by atoms with Crippen LogP contribution >= 0.6 is 17.1 Å². The molecule has 14 nitrogen and oxygen atoms in total. The van der Waals surface area contributed by atoms with E-state index in [2.05, 4.69) is 46.7 Å². The van der Waals surface area contributed by atoms with E-state index in [0.717, 1.165) is 19.3 Å². The summed E-state index contributed by atoms with van der Waals surface area (Å²) in [5.74, 6) is -0.195. The molecule has 1 aliphatic heterocycles. The van der Waals surface area contributed by atoms with Gasteiger partial charge in [0.05, 0.1) is 12.2 Å². The predicted octanol–water partition coefficient (Wildman–Crippen LogP) is 6.69. The Morgan fingerprint density at radius 2 is 1.58 bits per heavy atom. The number of fused-ring (bicyclic) bond motifs is 1. The fraction of sp³-hybridized carbons (Fsp3) is 0.788. The van der Waals surface area contributed by atoms with Crippen LogP contribution in [0.25, 0.3) is 0 Å². The zero-order valence-electron chi connectivity index (χ0n) is 31.5. The van der Waals surface area contributed by atoms with Crippen molar-refractivity contribution in [1.82, 2.24) is 21.3 Å². The van der Waals surface area contributed by atoms with Crippen LogP contribution < -0.4 is 21.3 Å². The quantitative estimate of drug-likeness (QED) is 0.0439. The van der Waals surface area contributed by atoms with Crippen LogP contribution in [0.2, 0.25) is 0 Å². The molecule has 2 rings (SSSR count). The van der Waals surface area contributed by atoms with Crippen molar-refractivity contribution in [2.24, 2.45) is 10.9 Å². The number of carbonyl (C=O) groups is 4. The highest BCUT2D eigenvalue weighted by Gasteiger charge is 2.53. The minimum atomic E-state index is -2.61. The van der Waals surface area contributed by atoms with Gasteiger partial charge in [-0.15, -0.1) is 4.99 Å². The molecule has 1 heterocycles. The van der Waals surface area contributed by atoms with Crippen LogP contribution in [0.5, 0.6) is 0 Å². The number of ether oxygens (including phenoxy) is 3. The molecule has 50 heavy (non-hydrogen) atoms. The SMILES string of the molecule is C=C(C)[C@H]1CC[C@@]2(C)O[P@](=S)(OCCNC(=O)[C@H](CCCN/C(=N/C(=O)OC(C)(C)C)NC(=O)OC(C)(C)C)NC(=O)OC(C)(C)C)S[C@@H]2C1. The van der Waals surface area contributed by atoms with Crippen LogP contribution in [-0.4, -0.2) is 83.5 Å². The molecule has 1 saturated heterocycles. The number of carbonyl (C=O) groups excluding carboxylic acids is 4.